The Hall–Kier alpha value is -2.64. The van der Waals surface area contributed by atoms with Crippen LogP contribution in [0.25, 0.3) is 11.0 Å². The molecule has 2 aromatic carbocycles. The zero-order valence-corrected chi connectivity index (χ0v) is 17.4. The summed E-state index contributed by atoms with van der Waals surface area (Å²) in [6, 6.07) is 12.5. The van der Waals surface area contributed by atoms with Gasteiger partial charge in [0, 0.05) is 21.7 Å². The van der Waals surface area contributed by atoms with Gasteiger partial charge < -0.3 is 19.8 Å². The van der Waals surface area contributed by atoms with Crippen molar-refractivity contribution in [1.29, 1.82) is 0 Å². The van der Waals surface area contributed by atoms with Crippen LogP contribution in [0.2, 0.25) is 5.02 Å². The van der Waals surface area contributed by atoms with Gasteiger partial charge in [-0.3, -0.25) is 9.59 Å². The Morgan fingerprint density at radius 2 is 2.17 bits per heavy atom. The fourth-order valence-electron chi connectivity index (χ4n) is 3.23. The largest absolute Gasteiger partial charge is 0.493 e. The van der Waals surface area contributed by atoms with Gasteiger partial charge in [0.2, 0.25) is 11.8 Å². The number of ether oxygens (including phenoxy) is 1. The Bertz CT molecular complexity index is 1100. The predicted octanol–water partition coefficient (Wildman–Crippen LogP) is 4.78. The highest BCUT2D eigenvalue weighted by molar-refractivity contribution is 8.01. The molecule has 2 atom stereocenters. The predicted molar refractivity (Wildman–Crippen MR) is 114 cm³/mol. The Kier molecular flexibility index (Phi) is 5.43. The van der Waals surface area contributed by atoms with Crippen LogP contribution in [-0.2, 0) is 9.59 Å². The molecule has 2 unspecified atom stereocenters. The lowest BCUT2D eigenvalue weighted by Gasteiger charge is -2.24. The van der Waals surface area contributed by atoms with E-state index in [1.165, 1.54) is 11.8 Å². The third-order valence-electron chi connectivity index (χ3n) is 4.68. The number of thioether (sulfide) groups is 1. The summed E-state index contributed by atoms with van der Waals surface area (Å²) in [5, 5.41) is 6.67. The first kappa shape index (κ1) is 19.7. The van der Waals surface area contributed by atoms with Crippen LogP contribution in [0, 0.1) is 0 Å². The van der Waals surface area contributed by atoms with Gasteiger partial charge in [0.25, 0.3) is 0 Å². The van der Waals surface area contributed by atoms with Gasteiger partial charge in [-0.15, -0.1) is 11.8 Å². The maximum atomic E-state index is 12.6. The summed E-state index contributed by atoms with van der Waals surface area (Å²) in [6.45, 7) is 1.84. The Morgan fingerprint density at radius 1 is 1.34 bits per heavy atom. The normalized spacial score (nSPS) is 16.8. The molecular weight excluding hydrogens is 412 g/mol. The van der Waals surface area contributed by atoms with E-state index in [0.29, 0.717) is 27.8 Å². The number of carbonyl (C=O) groups excluding carboxylic acids is 2. The summed E-state index contributed by atoms with van der Waals surface area (Å²) in [4.78, 5) is 25.8. The fourth-order valence-corrected chi connectivity index (χ4v) is 4.49. The summed E-state index contributed by atoms with van der Waals surface area (Å²) in [5.41, 5.74) is 1.32. The molecule has 0 bridgehead atoms. The van der Waals surface area contributed by atoms with Crippen molar-refractivity contribution in [2.45, 2.75) is 29.5 Å². The number of hydrogen-bond donors (Lipinski definition) is 2. The van der Waals surface area contributed by atoms with Crippen molar-refractivity contribution in [2.24, 2.45) is 0 Å². The standard InChI is InChI=1S/C21H19ClN2O4S/c1-11(16-8-12-4-3-5-15(27-2)20(12)28-16)23-19(25)10-18-21(26)24-14-9-13(22)6-7-17(14)29-18/h3-9,11,18H,10H2,1-2H3,(H,23,25)(H,24,26). The number of methoxy groups -OCH3 is 1. The lowest BCUT2D eigenvalue weighted by Crippen LogP contribution is -2.35. The zero-order valence-electron chi connectivity index (χ0n) is 15.8. The fraction of sp³-hybridized carbons (Fsp3) is 0.238. The Balaban J connectivity index is 1.43. The molecule has 0 spiro atoms. The average Bonchev–Trinajstić information content (AvgIpc) is 3.13. The number of carbonyl (C=O) groups is 2. The first-order valence-electron chi connectivity index (χ1n) is 9.07. The van der Waals surface area contributed by atoms with Crippen molar-refractivity contribution in [2.75, 3.05) is 12.4 Å². The number of halogens is 1. The van der Waals surface area contributed by atoms with Crippen LogP contribution in [0.15, 0.2) is 51.8 Å². The number of benzene rings is 2. The van der Waals surface area contributed by atoms with Crippen molar-refractivity contribution in [3.8, 4) is 5.75 Å². The number of rotatable bonds is 5. The SMILES string of the molecule is COc1cccc2cc(C(C)NC(=O)CC3Sc4ccc(Cl)cc4NC3=O)oc12. The number of furan rings is 1. The maximum Gasteiger partial charge on any atom is 0.238 e. The van der Waals surface area contributed by atoms with Gasteiger partial charge in [0.1, 0.15) is 5.76 Å². The minimum Gasteiger partial charge on any atom is -0.493 e. The van der Waals surface area contributed by atoms with Crippen molar-refractivity contribution in [3.05, 3.63) is 53.2 Å². The van der Waals surface area contributed by atoms with Gasteiger partial charge in [-0.2, -0.15) is 0 Å². The van der Waals surface area contributed by atoms with Crippen LogP contribution in [0.1, 0.15) is 25.1 Å². The van der Waals surface area contributed by atoms with Gasteiger partial charge in [0.15, 0.2) is 11.3 Å². The van der Waals surface area contributed by atoms with Gasteiger partial charge in [-0.1, -0.05) is 23.7 Å². The number of hydrogen-bond acceptors (Lipinski definition) is 5. The molecular formula is C21H19ClN2O4S. The molecule has 2 N–H and O–H groups in total. The molecule has 2 heterocycles. The van der Waals surface area contributed by atoms with E-state index in [1.54, 1.807) is 19.2 Å². The minimum atomic E-state index is -0.508. The molecule has 150 valence electrons. The second-order valence-corrected chi connectivity index (χ2v) is 8.44. The highest BCUT2D eigenvalue weighted by atomic mass is 35.5. The third kappa shape index (κ3) is 4.06. The van der Waals surface area contributed by atoms with Crippen molar-refractivity contribution >= 4 is 51.8 Å². The summed E-state index contributed by atoms with van der Waals surface area (Å²) in [5.74, 6) is 0.830. The molecule has 4 rings (SSSR count). The van der Waals surface area contributed by atoms with Crippen LogP contribution >= 0.6 is 23.4 Å². The number of amides is 2. The maximum absolute atomic E-state index is 12.6. The van der Waals surface area contributed by atoms with E-state index in [4.69, 9.17) is 20.8 Å². The number of anilines is 1. The second-order valence-electron chi connectivity index (χ2n) is 6.76. The highest BCUT2D eigenvalue weighted by Gasteiger charge is 2.29. The molecule has 6 nitrogen and oxygen atoms in total. The van der Waals surface area contributed by atoms with E-state index in [-0.39, 0.29) is 24.3 Å². The van der Waals surface area contributed by atoms with Crippen LogP contribution in [-0.4, -0.2) is 24.2 Å². The molecule has 0 saturated carbocycles. The van der Waals surface area contributed by atoms with E-state index in [9.17, 15) is 9.59 Å². The number of nitrogens with one attached hydrogen (secondary N) is 2. The van der Waals surface area contributed by atoms with E-state index >= 15 is 0 Å². The molecule has 1 aliphatic rings. The van der Waals surface area contributed by atoms with Crippen molar-refractivity contribution < 1.29 is 18.7 Å². The molecule has 29 heavy (non-hydrogen) atoms. The van der Waals surface area contributed by atoms with Crippen LogP contribution in [0.5, 0.6) is 5.75 Å². The van der Waals surface area contributed by atoms with Gasteiger partial charge in [-0.25, -0.2) is 0 Å². The van der Waals surface area contributed by atoms with Crippen LogP contribution < -0.4 is 15.4 Å². The summed E-state index contributed by atoms with van der Waals surface area (Å²) >= 11 is 7.33. The number of fused-ring (bicyclic) bond motifs is 2. The molecule has 0 radical (unpaired) electrons. The van der Waals surface area contributed by atoms with E-state index in [2.05, 4.69) is 10.6 Å². The van der Waals surface area contributed by atoms with Crippen LogP contribution in [0.4, 0.5) is 5.69 Å². The second kappa shape index (κ2) is 8.00. The lowest BCUT2D eigenvalue weighted by atomic mass is 10.2. The van der Waals surface area contributed by atoms with Gasteiger partial charge in [-0.05, 0) is 37.3 Å². The van der Waals surface area contributed by atoms with Crippen LogP contribution in [0.3, 0.4) is 0 Å². The molecule has 8 heteroatoms. The smallest absolute Gasteiger partial charge is 0.238 e. The first-order chi connectivity index (χ1) is 13.9. The van der Waals surface area contributed by atoms with E-state index < -0.39 is 5.25 Å². The van der Waals surface area contributed by atoms with Gasteiger partial charge >= 0.3 is 0 Å². The first-order valence-corrected chi connectivity index (χ1v) is 10.3. The van der Waals surface area contributed by atoms with Crippen molar-refractivity contribution in [3.63, 3.8) is 0 Å². The summed E-state index contributed by atoms with van der Waals surface area (Å²) in [6.07, 6.45) is 0.0620. The molecule has 1 aliphatic heterocycles. The molecule has 1 aromatic heterocycles. The zero-order chi connectivity index (χ0) is 20.5. The van der Waals surface area contributed by atoms with E-state index in [0.717, 1.165) is 10.3 Å². The summed E-state index contributed by atoms with van der Waals surface area (Å²) < 4.78 is 11.2. The monoisotopic (exact) mass is 430 g/mol. The summed E-state index contributed by atoms with van der Waals surface area (Å²) in [7, 11) is 1.58. The molecule has 0 saturated heterocycles. The quantitative estimate of drug-likeness (QED) is 0.609. The van der Waals surface area contributed by atoms with E-state index in [1.807, 2.05) is 37.3 Å². The minimum absolute atomic E-state index is 0.0620. The van der Waals surface area contributed by atoms with Gasteiger partial charge in [0.05, 0.1) is 24.1 Å². The Labute approximate surface area is 176 Å². The highest BCUT2D eigenvalue weighted by Crippen LogP contribution is 2.38. The topological polar surface area (TPSA) is 80.6 Å². The van der Waals surface area contributed by atoms with Crippen molar-refractivity contribution in [1.82, 2.24) is 5.32 Å². The molecule has 0 aliphatic carbocycles. The molecule has 2 amide bonds. The molecule has 0 fully saturated rings. The third-order valence-corrected chi connectivity index (χ3v) is 6.19. The molecule has 3 aromatic rings. The number of para-hydroxylation sites is 1. The lowest BCUT2D eigenvalue weighted by molar-refractivity contribution is -0.124. The average molecular weight is 431 g/mol. The Morgan fingerprint density at radius 3 is 2.97 bits per heavy atom.